The van der Waals surface area contributed by atoms with E-state index in [1.807, 2.05) is 12.1 Å². The minimum atomic E-state index is -0.0557. The number of nitrogens with one attached hydrogen (secondary N) is 2. The molecule has 2 N–H and O–H groups in total. The lowest BCUT2D eigenvalue weighted by Crippen LogP contribution is -2.33. The molecule has 0 saturated carbocycles. The first kappa shape index (κ1) is 14.2. The minimum absolute atomic E-state index is 0.0557. The highest BCUT2D eigenvalue weighted by Crippen LogP contribution is 2.11. The summed E-state index contributed by atoms with van der Waals surface area (Å²) in [6.07, 6.45) is 0. The third kappa shape index (κ3) is 5.81. The van der Waals surface area contributed by atoms with E-state index in [0.29, 0.717) is 18.7 Å². The number of halogens is 1. The Balaban J connectivity index is 2.21. The lowest BCUT2D eigenvalue weighted by atomic mass is 10.2. The van der Waals surface area contributed by atoms with Gasteiger partial charge in [-0.3, -0.25) is 4.79 Å². The van der Waals surface area contributed by atoms with Gasteiger partial charge in [0.25, 0.3) is 5.91 Å². The molecule has 0 aromatic heterocycles. The van der Waals surface area contributed by atoms with Gasteiger partial charge in [-0.2, -0.15) is 0 Å². The molecule has 1 rings (SSSR count). The predicted octanol–water partition coefficient (Wildman–Crippen LogP) is 1.41. The van der Waals surface area contributed by atoms with Crippen LogP contribution in [0.15, 0.2) is 28.7 Å². The molecular weight excluding hydrogens is 284 g/mol. The first-order valence-electron chi connectivity index (χ1n) is 5.47. The molecule has 0 spiro atoms. The molecule has 94 valence electrons. The molecule has 0 unspecified atom stereocenters. The van der Waals surface area contributed by atoms with Gasteiger partial charge in [0.2, 0.25) is 0 Å². The lowest BCUT2D eigenvalue weighted by Gasteiger charge is -2.06. The number of amides is 1. The van der Waals surface area contributed by atoms with Gasteiger partial charge >= 0.3 is 0 Å². The van der Waals surface area contributed by atoms with Crippen LogP contribution in [-0.4, -0.2) is 39.3 Å². The van der Waals surface area contributed by atoms with E-state index in [2.05, 4.69) is 26.6 Å². The second kappa shape index (κ2) is 8.22. The van der Waals surface area contributed by atoms with Gasteiger partial charge in [0.1, 0.15) is 0 Å². The van der Waals surface area contributed by atoms with E-state index in [1.165, 1.54) is 0 Å². The van der Waals surface area contributed by atoms with Crippen molar-refractivity contribution in [3.05, 3.63) is 34.3 Å². The molecule has 1 aromatic carbocycles. The maximum absolute atomic E-state index is 11.7. The van der Waals surface area contributed by atoms with Crippen LogP contribution in [0.3, 0.4) is 0 Å². The normalized spacial score (nSPS) is 10.2. The van der Waals surface area contributed by atoms with Crippen LogP contribution in [0.5, 0.6) is 0 Å². The van der Waals surface area contributed by atoms with Gasteiger partial charge in [0, 0.05) is 36.8 Å². The Morgan fingerprint density at radius 3 is 2.88 bits per heavy atom. The van der Waals surface area contributed by atoms with Crippen LogP contribution in [0, 0.1) is 0 Å². The van der Waals surface area contributed by atoms with Crippen molar-refractivity contribution in [2.75, 3.05) is 33.4 Å². The number of hydrogen-bond acceptors (Lipinski definition) is 3. The van der Waals surface area contributed by atoms with Crippen LogP contribution < -0.4 is 10.6 Å². The molecule has 17 heavy (non-hydrogen) atoms. The molecule has 1 aromatic rings. The number of benzene rings is 1. The average molecular weight is 301 g/mol. The second-order valence-corrected chi connectivity index (χ2v) is 4.42. The Bertz CT molecular complexity index is 358. The highest BCUT2D eigenvalue weighted by Gasteiger charge is 2.03. The second-order valence-electron chi connectivity index (χ2n) is 3.51. The average Bonchev–Trinajstić information content (AvgIpc) is 2.33. The Morgan fingerprint density at radius 2 is 2.18 bits per heavy atom. The SMILES string of the molecule is COCCNCCNC(=O)c1cccc(Br)c1. The molecule has 0 atom stereocenters. The predicted molar refractivity (Wildman–Crippen MR) is 71.2 cm³/mol. The number of carbonyl (C=O) groups is 1. The molecule has 1 amide bonds. The summed E-state index contributed by atoms with van der Waals surface area (Å²) in [7, 11) is 1.66. The maximum atomic E-state index is 11.7. The summed E-state index contributed by atoms with van der Waals surface area (Å²) < 4.78 is 5.80. The third-order valence-electron chi connectivity index (χ3n) is 2.16. The Hall–Kier alpha value is -0.910. The fourth-order valence-corrected chi connectivity index (χ4v) is 1.69. The topological polar surface area (TPSA) is 50.4 Å². The highest BCUT2D eigenvalue weighted by molar-refractivity contribution is 9.10. The molecule has 0 radical (unpaired) electrons. The van der Waals surface area contributed by atoms with Crippen molar-refractivity contribution in [1.29, 1.82) is 0 Å². The Morgan fingerprint density at radius 1 is 1.35 bits per heavy atom. The van der Waals surface area contributed by atoms with Gasteiger partial charge in [0.15, 0.2) is 0 Å². The van der Waals surface area contributed by atoms with Crippen LogP contribution in [0.1, 0.15) is 10.4 Å². The summed E-state index contributed by atoms with van der Waals surface area (Å²) in [5.41, 5.74) is 0.663. The number of methoxy groups -OCH3 is 1. The van der Waals surface area contributed by atoms with Crippen molar-refractivity contribution in [3.8, 4) is 0 Å². The standard InChI is InChI=1S/C12H17BrN2O2/c1-17-8-7-14-5-6-15-12(16)10-3-2-4-11(13)9-10/h2-4,9,14H,5-8H2,1H3,(H,15,16). The number of hydrogen-bond donors (Lipinski definition) is 2. The largest absolute Gasteiger partial charge is 0.383 e. The molecule has 0 bridgehead atoms. The van der Waals surface area contributed by atoms with Crippen molar-refractivity contribution in [3.63, 3.8) is 0 Å². The molecule has 0 aliphatic rings. The summed E-state index contributed by atoms with van der Waals surface area (Å²) in [4.78, 5) is 11.7. The molecule has 0 fully saturated rings. The Labute approximate surface area is 110 Å². The van der Waals surface area contributed by atoms with Crippen molar-refractivity contribution in [1.82, 2.24) is 10.6 Å². The zero-order chi connectivity index (χ0) is 12.5. The van der Waals surface area contributed by atoms with Gasteiger partial charge in [-0.15, -0.1) is 0 Å². The number of ether oxygens (including phenoxy) is 1. The summed E-state index contributed by atoms with van der Waals surface area (Å²) in [5.74, 6) is -0.0557. The van der Waals surface area contributed by atoms with E-state index in [4.69, 9.17) is 4.74 Å². The fraction of sp³-hybridized carbons (Fsp3) is 0.417. The lowest BCUT2D eigenvalue weighted by molar-refractivity contribution is 0.0953. The first-order chi connectivity index (χ1) is 8.24. The summed E-state index contributed by atoms with van der Waals surface area (Å²) in [6, 6.07) is 7.32. The quantitative estimate of drug-likeness (QED) is 0.749. The maximum Gasteiger partial charge on any atom is 0.251 e. The van der Waals surface area contributed by atoms with Gasteiger partial charge in [-0.25, -0.2) is 0 Å². The fourth-order valence-electron chi connectivity index (χ4n) is 1.30. The third-order valence-corrected chi connectivity index (χ3v) is 2.65. The van der Waals surface area contributed by atoms with Crippen LogP contribution in [0.25, 0.3) is 0 Å². The molecule has 5 heteroatoms. The molecule has 0 heterocycles. The van der Waals surface area contributed by atoms with E-state index < -0.39 is 0 Å². The van der Waals surface area contributed by atoms with Gasteiger partial charge in [-0.05, 0) is 18.2 Å². The monoisotopic (exact) mass is 300 g/mol. The number of rotatable bonds is 7. The highest BCUT2D eigenvalue weighted by atomic mass is 79.9. The number of carbonyl (C=O) groups excluding carboxylic acids is 1. The van der Waals surface area contributed by atoms with Crippen LogP contribution in [-0.2, 0) is 4.74 Å². The zero-order valence-corrected chi connectivity index (χ0v) is 11.4. The molecular formula is C12H17BrN2O2. The van der Waals surface area contributed by atoms with E-state index in [9.17, 15) is 4.79 Å². The van der Waals surface area contributed by atoms with Crippen LogP contribution >= 0.6 is 15.9 Å². The van der Waals surface area contributed by atoms with E-state index >= 15 is 0 Å². The zero-order valence-electron chi connectivity index (χ0n) is 9.83. The van der Waals surface area contributed by atoms with Gasteiger partial charge in [-0.1, -0.05) is 22.0 Å². The molecule has 0 aliphatic heterocycles. The van der Waals surface area contributed by atoms with Gasteiger partial charge in [0.05, 0.1) is 6.61 Å². The molecule has 4 nitrogen and oxygen atoms in total. The molecule has 0 saturated heterocycles. The molecule has 0 aliphatic carbocycles. The van der Waals surface area contributed by atoms with Crippen molar-refractivity contribution >= 4 is 21.8 Å². The summed E-state index contributed by atoms with van der Waals surface area (Å²) in [6.45, 7) is 2.82. The smallest absolute Gasteiger partial charge is 0.251 e. The summed E-state index contributed by atoms with van der Waals surface area (Å²) in [5, 5.41) is 6.00. The van der Waals surface area contributed by atoms with Crippen LogP contribution in [0.2, 0.25) is 0 Å². The van der Waals surface area contributed by atoms with E-state index in [-0.39, 0.29) is 5.91 Å². The van der Waals surface area contributed by atoms with Crippen molar-refractivity contribution in [2.45, 2.75) is 0 Å². The first-order valence-corrected chi connectivity index (χ1v) is 6.27. The van der Waals surface area contributed by atoms with Crippen LogP contribution in [0.4, 0.5) is 0 Å². The minimum Gasteiger partial charge on any atom is -0.383 e. The van der Waals surface area contributed by atoms with Gasteiger partial charge < -0.3 is 15.4 Å². The van der Waals surface area contributed by atoms with Crippen molar-refractivity contribution in [2.24, 2.45) is 0 Å². The van der Waals surface area contributed by atoms with Crippen molar-refractivity contribution < 1.29 is 9.53 Å². The Kier molecular flexibility index (Phi) is 6.84. The van der Waals surface area contributed by atoms with E-state index in [0.717, 1.165) is 17.6 Å². The van der Waals surface area contributed by atoms with E-state index in [1.54, 1.807) is 19.2 Å². The summed E-state index contributed by atoms with van der Waals surface area (Å²) >= 11 is 3.33.